The minimum Gasteiger partial charge on any atom is -0.359 e. The van der Waals surface area contributed by atoms with Crippen molar-refractivity contribution < 1.29 is 13.9 Å². The van der Waals surface area contributed by atoms with Gasteiger partial charge in [-0.3, -0.25) is 10.1 Å². The lowest BCUT2D eigenvalue weighted by Crippen LogP contribution is -2.24. The van der Waals surface area contributed by atoms with Crippen LogP contribution in [0.1, 0.15) is 5.56 Å². The highest BCUT2D eigenvalue weighted by molar-refractivity contribution is 7.80. The van der Waals surface area contributed by atoms with Crippen LogP contribution in [0.15, 0.2) is 52.2 Å². The van der Waals surface area contributed by atoms with Crippen molar-refractivity contribution in [2.24, 2.45) is 5.10 Å². The first-order chi connectivity index (χ1) is 11.1. The molecule has 0 aliphatic heterocycles. The van der Waals surface area contributed by atoms with Crippen LogP contribution >= 0.6 is 12.2 Å². The lowest BCUT2D eigenvalue weighted by molar-refractivity contribution is -0.782. The quantitative estimate of drug-likeness (QED) is 0.330. The van der Waals surface area contributed by atoms with Crippen molar-refractivity contribution in [1.82, 2.24) is 10.6 Å². The Hall–Kier alpha value is -3.07. The zero-order chi connectivity index (χ0) is 16.2. The third-order valence-electron chi connectivity index (χ3n) is 2.89. The van der Waals surface area contributed by atoms with Gasteiger partial charge in [0, 0.05) is 16.9 Å². The van der Waals surface area contributed by atoms with Crippen LogP contribution in [0.2, 0.25) is 0 Å². The molecule has 3 rings (SSSR count). The van der Waals surface area contributed by atoms with Gasteiger partial charge in [-0.25, -0.2) is 4.39 Å². The summed E-state index contributed by atoms with van der Waals surface area (Å²) in [7, 11) is 0. The fourth-order valence-electron chi connectivity index (χ4n) is 1.83. The average molecular weight is 331 g/mol. The van der Waals surface area contributed by atoms with Crippen LogP contribution in [0.4, 0.5) is 10.1 Å². The van der Waals surface area contributed by atoms with Gasteiger partial charge in [0.1, 0.15) is 5.82 Å². The molecule has 116 valence electrons. The minimum atomic E-state index is -0.327. The second kappa shape index (κ2) is 6.36. The highest BCUT2D eigenvalue weighted by Crippen LogP contribution is 2.09. The lowest BCUT2D eigenvalue weighted by Gasteiger charge is -2.06. The van der Waals surface area contributed by atoms with E-state index in [0.29, 0.717) is 27.2 Å². The molecule has 0 saturated carbocycles. The molecule has 9 heteroatoms. The summed E-state index contributed by atoms with van der Waals surface area (Å²) in [5.41, 5.74) is 4.69. The van der Waals surface area contributed by atoms with E-state index >= 15 is 0 Å². The number of hydrogen-bond donors (Lipinski definition) is 2. The van der Waals surface area contributed by atoms with Gasteiger partial charge in [0.15, 0.2) is 5.11 Å². The van der Waals surface area contributed by atoms with Gasteiger partial charge in [-0.2, -0.15) is 5.10 Å². The van der Waals surface area contributed by atoms with Crippen LogP contribution in [0.5, 0.6) is 0 Å². The third kappa shape index (κ3) is 3.58. The summed E-state index contributed by atoms with van der Waals surface area (Å²) in [5, 5.41) is 21.9. The van der Waals surface area contributed by atoms with Gasteiger partial charge >= 0.3 is 0 Å². The number of aromatic nitrogens is 2. The van der Waals surface area contributed by atoms with Crippen LogP contribution in [-0.2, 0) is 0 Å². The highest BCUT2D eigenvalue weighted by atomic mass is 32.1. The standard InChI is InChI=1S/C14H10FN5O2S/c15-10-2-4-11(5-3-10)17-14(23)18-16-8-9-1-6-12-13(7-9)20(21)22-19-12/h1-8H,(H2,17,18,23)/b16-8+. The lowest BCUT2D eigenvalue weighted by atomic mass is 10.2. The van der Waals surface area contributed by atoms with E-state index in [2.05, 4.69) is 25.6 Å². The van der Waals surface area contributed by atoms with Crippen LogP contribution in [0.3, 0.4) is 0 Å². The molecule has 0 fully saturated rings. The maximum absolute atomic E-state index is 12.8. The number of hydrazone groups is 1. The zero-order valence-corrected chi connectivity index (χ0v) is 12.4. The first-order valence-corrected chi connectivity index (χ1v) is 6.88. The van der Waals surface area contributed by atoms with E-state index in [9.17, 15) is 9.60 Å². The Balaban J connectivity index is 1.61. The van der Waals surface area contributed by atoms with Gasteiger partial charge in [-0.1, -0.05) is 0 Å². The number of thiocarbonyl (C=S) groups is 1. The van der Waals surface area contributed by atoms with E-state index in [-0.39, 0.29) is 10.9 Å². The van der Waals surface area contributed by atoms with Crippen LogP contribution < -0.4 is 15.6 Å². The topological polar surface area (TPSA) is 89.4 Å². The molecule has 0 saturated heterocycles. The van der Waals surface area contributed by atoms with E-state index in [0.717, 1.165) is 0 Å². The highest BCUT2D eigenvalue weighted by Gasteiger charge is 2.08. The fraction of sp³-hybridized carbons (Fsp3) is 0. The number of hydrogen-bond acceptors (Lipinski definition) is 5. The van der Waals surface area contributed by atoms with Crippen molar-refractivity contribution in [3.8, 4) is 0 Å². The maximum Gasteiger partial charge on any atom is 0.248 e. The predicted molar refractivity (Wildman–Crippen MR) is 86.3 cm³/mol. The molecule has 0 aliphatic carbocycles. The maximum atomic E-state index is 12.8. The number of nitrogens with one attached hydrogen (secondary N) is 2. The Morgan fingerprint density at radius 3 is 2.87 bits per heavy atom. The molecule has 23 heavy (non-hydrogen) atoms. The number of benzene rings is 2. The molecule has 0 unspecified atom stereocenters. The normalized spacial score (nSPS) is 11.0. The van der Waals surface area contributed by atoms with Gasteiger partial charge < -0.3 is 10.5 Å². The molecule has 0 radical (unpaired) electrons. The number of fused-ring (bicyclic) bond motifs is 1. The van der Waals surface area contributed by atoms with Crippen molar-refractivity contribution in [3.63, 3.8) is 0 Å². The Bertz CT molecular complexity index is 879. The van der Waals surface area contributed by atoms with Crippen molar-refractivity contribution in [2.45, 2.75) is 0 Å². The molecular formula is C14H10FN5O2S. The van der Waals surface area contributed by atoms with Crippen LogP contribution in [0.25, 0.3) is 11.0 Å². The summed E-state index contributed by atoms with van der Waals surface area (Å²) in [6, 6.07) is 10.7. The summed E-state index contributed by atoms with van der Waals surface area (Å²) in [4.78, 5) is 0.320. The average Bonchev–Trinajstić information content (AvgIpc) is 2.91. The van der Waals surface area contributed by atoms with Crippen molar-refractivity contribution in [1.29, 1.82) is 0 Å². The molecule has 0 spiro atoms. The molecule has 7 nitrogen and oxygen atoms in total. The number of anilines is 1. The zero-order valence-electron chi connectivity index (χ0n) is 11.6. The van der Waals surface area contributed by atoms with Crippen molar-refractivity contribution >= 4 is 40.3 Å². The SMILES string of the molecule is [O-][n+]1onc2ccc(/C=N/NC(=S)Nc3ccc(F)cc3)cc21. The van der Waals surface area contributed by atoms with Gasteiger partial charge in [0.05, 0.1) is 6.21 Å². The fourth-order valence-corrected chi connectivity index (χ4v) is 2.00. The van der Waals surface area contributed by atoms with Crippen LogP contribution in [-0.4, -0.2) is 16.5 Å². The molecule has 2 N–H and O–H groups in total. The van der Waals surface area contributed by atoms with Crippen molar-refractivity contribution in [2.75, 3.05) is 5.32 Å². The third-order valence-corrected chi connectivity index (χ3v) is 3.08. The first kappa shape index (κ1) is 14.9. The molecule has 0 aliphatic rings. The number of halogens is 1. The smallest absolute Gasteiger partial charge is 0.248 e. The Labute approximate surface area is 134 Å². The van der Waals surface area contributed by atoms with Gasteiger partial charge in [-0.15, -0.1) is 0 Å². The van der Waals surface area contributed by atoms with E-state index in [1.54, 1.807) is 30.3 Å². The summed E-state index contributed by atoms with van der Waals surface area (Å²) in [6.45, 7) is 0. The van der Waals surface area contributed by atoms with Crippen molar-refractivity contribution in [3.05, 3.63) is 59.1 Å². The summed E-state index contributed by atoms with van der Waals surface area (Å²) < 4.78 is 17.3. The van der Waals surface area contributed by atoms with E-state index in [1.165, 1.54) is 18.3 Å². The van der Waals surface area contributed by atoms with Gasteiger partial charge in [-0.05, 0) is 59.1 Å². The largest absolute Gasteiger partial charge is 0.359 e. The molecule has 0 bridgehead atoms. The number of nitrogens with zero attached hydrogens (tertiary/aromatic N) is 3. The summed E-state index contributed by atoms with van der Waals surface area (Å²) >= 11 is 5.06. The Morgan fingerprint density at radius 2 is 2.09 bits per heavy atom. The Kier molecular flexibility index (Phi) is 4.11. The minimum absolute atomic E-state index is 0.248. The van der Waals surface area contributed by atoms with Crippen LogP contribution in [0, 0.1) is 11.0 Å². The molecular weight excluding hydrogens is 321 g/mol. The van der Waals surface area contributed by atoms with Gasteiger partial charge in [0.2, 0.25) is 11.0 Å². The molecule has 3 aromatic rings. The summed E-state index contributed by atoms with van der Waals surface area (Å²) in [5.74, 6) is -0.327. The van der Waals surface area contributed by atoms with Gasteiger partial charge in [0.25, 0.3) is 0 Å². The molecule has 0 amide bonds. The summed E-state index contributed by atoms with van der Waals surface area (Å²) in [6.07, 6.45) is 1.49. The Morgan fingerprint density at radius 1 is 1.30 bits per heavy atom. The molecule has 1 heterocycles. The monoisotopic (exact) mass is 331 g/mol. The first-order valence-electron chi connectivity index (χ1n) is 6.47. The van der Waals surface area contributed by atoms with E-state index < -0.39 is 0 Å². The van der Waals surface area contributed by atoms with E-state index in [1.807, 2.05) is 0 Å². The molecule has 1 aromatic heterocycles. The van der Waals surface area contributed by atoms with E-state index in [4.69, 9.17) is 12.2 Å². The predicted octanol–water partition coefficient (Wildman–Crippen LogP) is 1.92. The second-order valence-electron chi connectivity index (χ2n) is 4.51. The second-order valence-corrected chi connectivity index (χ2v) is 4.92. The molecule has 2 aromatic carbocycles. The molecule has 0 atom stereocenters. The number of rotatable bonds is 3.